The van der Waals surface area contributed by atoms with Crippen LogP contribution in [0.5, 0.6) is 0 Å². The van der Waals surface area contributed by atoms with E-state index in [1.165, 1.54) is 132 Å². The summed E-state index contributed by atoms with van der Waals surface area (Å²) < 4.78 is 5.25. The monoisotopic (exact) mass is 2300 g/mol. The summed E-state index contributed by atoms with van der Waals surface area (Å²) in [6.45, 7) is 78.4. The molecule has 0 bridgehead atoms. The van der Waals surface area contributed by atoms with Crippen LogP contribution >= 0.6 is 21.6 Å². The summed E-state index contributed by atoms with van der Waals surface area (Å²) in [5, 5.41) is 0. The molecule has 0 fully saturated rings. The smallest absolute Gasteiger partial charge is 0.358 e. The first-order chi connectivity index (χ1) is 47.9. The minimum absolute atomic E-state index is 0. The van der Waals surface area contributed by atoms with Crippen LogP contribution in [-0.2, 0) is 142 Å². The third-order valence-corrected chi connectivity index (χ3v) is 12.9. The third-order valence-electron chi connectivity index (χ3n) is 12.2. The topological polar surface area (TPSA) is 11.6 Å². The Morgan fingerprint density at radius 1 is 0.248 bits per heavy atom. The van der Waals surface area contributed by atoms with Crippen molar-refractivity contribution in [1.82, 2.24) is 0 Å². The van der Waals surface area contributed by atoms with E-state index in [0.717, 1.165) is 0 Å². The summed E-state index contributed by atoms with van der Waals surface area (Å²) in [7, 11) is 13.7. The fourth-order valence-corrected chi connectivity index (χ4v) is 6.33. The second kappa shape index (κ2) is 167. The molecule has 3 aromatic carbocycles. The molecule has 3 aliphatic carbocycles. The molecule has 6 radical (unpaired) electrons. The molecule has 0 spiro atoms. The molecule has 3 aliphatic rings. The van der Waals surface area contributed by atoms with Crippen LogP contribution in [0.3, 0.4) is 0 Å². The number of pyridine rings is 3. The van der Waals surface area contributed by atoms with Crippen LogP contribution < -0.4 is 13.7 Å². The second-order valence-electron chi connectivity index (χ2n) is 19.3. The van der Waals surface area contributed by atoms with Gasteiger partial charge in [-0.3, -0.25) is 12.5 Å². The molecule has 0 atom stereocenters. The van der Waals surface area contributed by atoms with E-state index in [0.29, 0.717) is 0 Å². The van der Waals surface area contributed by atoms with Crippen LogP contribution in [0.1, 0.15) is 336 Å². The molecule has 3 aromatic heterocycles. The summed E-state index contributed by atoms with van der Waals surface area (Å²) in [4.78, 5) is 0. The first kappa shape index (κ1) is 175. The Labute approximate surface area is 802 Å². The number of allylic oxidation sites excluding steroid dienone is 6. The van der Waals surface area contributed by atoms with Gasteiger partial charge in [0, 0.05) is 118 Å². The van der Waals surface area contributed by atoms with Gasteiger partial charge in [0.1, 0.15) is 0 Å². The number of benzene rings is 3. The van der Waals surface area contributed by atoms with Crippen LogP contribution in [0.25, 0.3) is 0 Å². The number of rotatable bonds is 1. The molecule has 11 heteroatoms. The van der Waals surface area contributed by atoms with E-state index >= 15 is 0 Å². The van der Waals surface area contributed by atoms with Gasteiger partial charge in [-0.05, 0) is 194 Å². The van der Waals surface area contributed by atoms with E-state index < -0.39 is 0 Å². The van der Waals surface area contributed by atoms with Gasteiger partial charge < -0.3 is 64.5 Å². The predicted octanol–water partition coefficient (Wildman–Crippen LogP) is 33.7. The quantitative estimate of drug-likeness (QED) is 0.0535. The molecule has 0 saturated carbocycles. The van der Waals surface area contributed by atoms with Crippen LogP contribution in [0.15, 0.2) is 198 Å². The zero-order valence-electron chi connectivity index (χ0n) is 78.7. The minimum atomic E-state index is 0. The zero-order valence-corrected chi connectivity index (χ0v) is 93.8. The molecule has 0 N–H and O–H groups in total. The summed E-state index contributed by atoms with van der Waals surface area (Å²) in [6.07, 6.45) is 34.3. The number of hydrogen-bond acceptors (Lipinski definition) is 2. The van der Waals surface area contributed by atoms with E-state index in [1.54, 1.807) is 54.0 Å². The fourth-order valence-electron chi connectivity index (χ4n) is 6.33. The van der Waals surface area contributed by atoms with E-state index in [2.05, 4.69) is 196 Å². The second-order valence-corrected chi connectivity index (χ2v) is 21.2. The van der Waals surface area contributed by atoms with Gasteiger partial charge >= 0.3 is 44.8 Å². The van der Waals surface area contributed by atoms with Crippen molar-refractivity contribution in [3.05, 3.63) is 294 Å². The molecule has 0 saturated heterocycles. The van der Waals surface area contributed by atoms with Crippen molar-refractivity contribution < 1.29 is 156 Å². The van der Waals surface area contributed by atoms with Crippen molar-refractivity contribution in [2.24, 2.45) is 0 Å². The van der Waals surface area contributed by atoms with Crippen molar-refractivity contribution in [3.8, 4) is 0 Å². The summed E-state index contributed by atoms with van der Waals surface area (Å²) >= 11 is 0. The Morgan fingerprint density at radius 2 is 0.349 bits per heavy atom. The van der Waals surface area contributed by atoms with Crippen molar-refractivity contribution in [1.29, 1.82) is 0 Å². The van der Waals surface area contributed by atoms with Gasteiger partial charge in [0.2, 0.25) is 0 Å². The molecule has 0 aliphatic heterocycles. The van der Waals surface area contributed by atoms with E-state index in [-0.39, 0.29) is 172 Å². The Bertz CT molecular complexity index is 2020. The van der Waals surface area contributed by atoms with Crippen molar-refractivity contribution in [3.63, 3.8) is 0 Å². The average molecular weight is 2300 g/mol. The zero-order chi connectivity index (χ0) is 80.7. The largest absolute Gasteiger partial charge is 2.00 e. The van der Waals surface area contributed by atoms with Crippen LogP contribution in [-0.4, -0.2) is 0 Å². The fraction of sp³-hybridized carbons (Fsp3) is 0.510. The van der Waals surface area contributed by atoms with Crippen LogP contribution in [0.2, 0.25) is 0 Å². The number of fused-ring (bicyclic) bond motifs is 3. The normalized spacial score (nSPS) is 8.48. The van der Waals surface area contributed by atoms with Gasteiger partial charge in [-0.25, -0.2) is 0 Å². The number of aryl methyl sites for hydroxylation is 6. The molecule has 109 heavy (non-hydrogen) atoms. The molecular formula is C98H187N3Rh3S2Ta2Tb-2. The molecule has 9 rings (SSSR count). The molecule has 3 heterocycles. The molecular weight excluding hydrogens is 2110 g/mol. The molecule has 0 amide bonds. The maximum Gasteiger partial charge on any atom is 2.00 e. The average Bonchev–Trinajstić information content (AvgIpc) is 0.890. The standard InChI is InChI=1S/3C10H12.3C6H7N.3C6H12.C2H4S2.12C2H6.C2H5.CH4.3CH3.3Rh.2Ta.Tb/c3*1-2-6-10-8-4-3-7-9(10)5-1;3*1-7-5-3-2-4-6-7;3*1-5(2)6(3)4;1-3-4-2;13*1-2;;;;;;;;;;/h3*1-2,5-6H,3-4,7-8H2;3*2-6H,1H2;3*1-4H3;1-2H2;12*1-2H3;1H2,2H3;1H4;3*1H3;;;;;;/q;;;;;;;;;-2;;;;;;;;;;;;;-1;;3*-1;;;;2*+2;. The summed E-state index contributed by atoms with van der Waals surface area (Å²) in [6, 6.07) is 43.9. The Morgan fingerprint density at radius 3 is 0.413 bits per heavy atom. The first-order valence-electron chi connectivity index (χ1n) is 38.8. The maximum absolute atomic E-state index is 3.64. The molecule has 0 unspecified atom stereocenters. The van der Waals surface area contributed by atoms with Crippen LogP contribution in [0.4, 0.5) is 0 Å². The van der Waals surface area contributed by atoms with Gasteiger partial charge in [0.25, 0.3) is 0 Å². The molecule has 654 valence electrons. The Balaban J connectivity index is -0.0000000323. The summed E-state index contributed by atoms with van der Waals surface area (Å²) in [5.74, 6) is 0. The van der Waals surface area contributed by atoms with Gasteiger partial charge in [0.15, 0.2) is 0 Å². The first-order valence-corrected chi connectivity index (χ1v) is 41.3. The maximum atomic E-state index is 3.64. The van der Waals surface area contributed by atoms with Crippen molar-refractivity contribution in [2.75, 3.05) is 0 Å². The van der Waals surface area contributed by atoms with Gasteiger partial charge in [-0.2, -0.15) is 6.92 Å². The van der Waals surface area contributed by atoms with Gasteiger partial charge in [-0.15, -0.1) is 0 Å². The Hall–Kier alpha value is -0.724. The van der Waals surface area contributed by atoms with Gasteiger partial charge in [-0.1, -0.05) is 334 Å². The van der Waals surface area contributed by atoms with E-state index in [9.17, 15) is 0 Å². The van der Waals surface area contributed by atoms with Gasteiger partial charge in [0.05, 0.1) is 37.2 Å². The minimum Gasteiger partial charge on any atom is -0.358 e. The Kier molecular flexibility index (Phi) is 268. The molecule has 6 aromatic rings. The third kappa shape index (κ3) is 146. The SMILES string of the molecule is C.CC.CC.CC.CC.CC.CC.CC.CC.CC.CC.CC.CC.CC(C)=C(C)C.CC(C)=C(C)C.CC(C)=C(C)C.[CH2-]C.[CH2-]SS[CH2-].[CH2-][n+]1ccccc1.[CH2-][n+]1ccccc1.[CH2-][n+]1ccccc1.[CH3-].[CH3-].[CH3-].[Rh].[Rh].[Rh].[Ta+2].[Ta+2].[Tb].c1ccc2c(c1)CCCC2.c1ccc2c(c1)CCCC2.c1ccc2c(c1)CCCC2. The number of aromatic nitrogens is 3. The van der Waals surface area contributed by atoms with E-state index in [1.807, 2.05) is 258 Å². The molecule has 3 nitrogen and oxygen atoms in total. The van der Waals surface area contributed by atoms with Crippen molar-refractivity contribution in [2.45, 2.75) is 341 Å². The number of hydrogen-bond donors (Lipinski definition) is 0. The number of nitrogens with zero attached hydrogens (tertiary/aromatic N) is 3. The van der Waals surface area contributed by atoms with E-state index in [4.69, 9.17) is 0 Å². The van der Waals surface area contributed by atoms with Crippen LogP contribution in [0, 0.1) is 101 Å². The summed E-state index contributed by atoms with van der Waals surface area (Å²) in [5.41, 5.74) is 18.0. The van der Waals surface area contributed by atoms with Crippen molar-refractivity contribution >= 4 is 21.6 Å². The predicted molar refractivity (Wildman–Crippen MR) is 500 cm³/mol.